The van der Waals surface area contributed by atoms with E-state index in [9.17, 15) is 24.5 Å². The first-order chi connectivity index (χ1) is 13.3. The molecule has 4 heterocycles. The minimum absolute atomic E-state index is 0.0342. The first kappa shape index (κ1) is 18.7. The molecule has 5 N–H and O–H groups in total. The summed E-state index contributed by atoms with van der Waals surface area (Å²) < 4.78 is 24.5. The molecule has 2 unspecified atom stereocenters. The molecule has 5 atom stereocenters. The van der Waals surface area contributed by atoms with Gasteiger partial charge in [-0.05, 0) is 0 Å². The average Bonchev–Trinajstić information content (AvgIpc) is 3.35. The zero-order valence-electron chi connectivity index (χ0n) is 14.0. The first-order valence-electron chi connectivity index (χ1n) is 7.96. The number of hydrogen-bond donors (Lipinski definition) is 4. The Morgan fingerprint density at radius 3 is 2.89 bits per heavy atom. The van der Waals surface area contributed by atoms with Gasteiger partial charge in [-0.25, -0.2) is 9.97 Å². The number of rotatable bonds is 5. The van der Waals surface area contributed by atoms with Crippen LogP contribution in [0.5, 0.6) is 0 Å². The molecule has 0 bridgehead atoms. The van der Waals surface area contributed by atoms with Crippen molar-refractivity contribution < 1.29 is 28.9 Å². The molecule has 0 aliphatic carbocycles. The molecule has 0 saturated carbocycles. The van der Waals surface area contributed by atoms with Gasteiger partial charge in [0, 0.05) is 12.4 Å². The van der Waals surface area contributed by atoms with Gasteiger partial charge in [0.15, 0.2) is 17.4 Å². The lowest BCUT2D eigenvalue weighted by molar-refractivity contribution is -0.205. The van der Waals surface area contributed by atoms with E-state index in [2.05, 4.69) is 19.9 Å². The topological polar surface area (TPSA) is 206 Å². The van der Waals surface area contributed by atoms with Gasteiger partial charge in [0.1, 0.15) is 24.6 Å². The minimum Gasteiger partial charge on any atom is -0.761 e. The maximum absolute atomic E-state index is 12.0. The summed E-state index contributed by atoms with van der Waals surface area (Å²) in [5, 5.41) is 20.5. The maximum Gasteiger partial charge on any atom is 0.280 e. The predicted octanol–water partition coefficient (Wildman–Crippen LogP) is -2.45. The third-order valence-corrected chi connectivity index (χ3v) is 5.51. The quantitative estimate of drug-likeness (QED) is 0.323. The molecule has 0 spiro atoms. The van der Waals surface area contributed by atoms with Gasteiger partial charge in [0.25, 0.3) is 5.56 Å². The summed E-state index contributed by atoms with van der Waals surface area (Å²) in [6.45, 7) is -0.559. The summed E-state index contributed by atoms with van der Waals surface area (Å²) in [5.41, 5.74) is 4.94. The van der Waals surface area contributed by atoms with Crippen LogP contribution in [0.2, 0.25) is 0 Å². The number of nitrogens with one attached hydrogen (secondary N) is 1. The third kappa shape index (κ3) is 3.11. The van der Waals surface area contributed by atoms with Crippen LogP contribution in [0.3, 0.4) is 0 Å². The Hall–Kier alpha value is -2.61. The Kier molecular flexibility index (Phi) is 4.53. The van der Waals surface area contributed by atoms with E-state index in [4.69, 9.17) is 15.0 Å². The van der Waals surface area contributed by atoms with Crippen LogP contribution in [0.15, 0.2) is 29.8 Å². The van der Waals surface area contributed by atoms with Gasteiger partial charge in [-0.2, -0.15) is 4.98 Å². The van der Waals surface area contributed by atoms with Gasteiger partial charge in [0.05, 0.1) is 12.9 Å². The largest absolute Gasteiger partial charge is 0.761 e. The van der Waals surface area contributed by atoms with Gasteiger partial charge < -0.3 is 30.1 Å². The van der Waals surface area contributed by atoms with Gasteiger partial charge in [-0.3, -0.25) is 23.2 Å². The number of fused-ring (bicyclic) bond motifs is 1. The number of nitrogens with zero attached hydrogens (tertiary/aromatic N) is 5. The fraction of sp³-hybridized carbons (Fsp3) is 0.385. The van der Waals surface area contributed by atoms with Crippen molar-refractivity contribution in [1.29, 1.82) is 0 Å². The molecule has 0 aromatic carbocycles. The Bertz CT molecular complexity index is 1100. The summed E-state index contributed by atoms with van der Waals surface area (Å²) in [7, 11) is -4.49. The van der Waals surface area contributed by atoms with Crippen molar-refractivity contribution in [1.82, 2.24) is 28.8 Å². The molecule has 0 amide bonds. The zero-order valence-corrected chi connectivity index (χ0v) is 14.9. The highest BCUT2D eigenvalue weighted by Crippen LogP contribution is 2.40. The van der Waals surface area contributed by atoms with Crippen molar-refractivity contribution >= 4 is 24.9 Å². The van der Waals surface area contributed by atoms with Crippen LogP contribution in [0.4, 0.5) is 5.95 Å². The van der Waals surface area contributed by atoms with Crippen LogP contribution in [0.1, 0.15) is 6.23 Å². The molecule has 3 aromatic heterocycles. The Labute approximate surface area is 155 Å². The van der Waals surface area contributed by atoms with Crippen LogP contribution in [-0.2, 0) is 13.8 Å². The number of hydrogen-bond acceptors (Lipinski definition) is 11. The van der Waals surface area contributed by atoms with Crippen LogP contribution in [0, 0.1) is 0 Å². The molecule has 1 fully saturated rings. The molecule has 4 rings (SSSR count). The molecule has 3 aromatic rings. The highest BCUT2D eigenvalue weighted by Gasteiger charge is 2.45. The number of aliphatic hydroxyl groups excluding tert-OH is 2. The number of nitrogen functional groups attached to an aromatic ring is 1. The number of aliphatic hydroxyl groups is 2. The van der Waals surface area contributed by atoms with Crippen molar-refractivity contribution in [2.75, 3.05) is 12.3 Å². The fourth-order valence-electron chi connectivity index (χ4n) is 2.86. The Morgan fingerprint density at radius 1 is 1.39 bits per heavy atom. The van der Waals surface area contributed by atoms with E-state index >= 15 is 0 Å². The van der Waals surface area contributed by atoms with Crippen molar-refractivity contribution in [3.63, 3.8) is 0 Å². The lowest BCUT2D eigenvalue weighted by Crippen LogP contribution is -2.34. The Morgan fingerprint density at radius 2 is 2.18 bits per heavy atom. The SMILES string of the molecule is Nc1nc2c(ncn2[C@@H]2O[C@H](COP(=O)([O-])n3ccnc3)C(O)[C@@H]2O)c(=O)[nH]1. The van der Waals surface area contributed by atoms with Gasteiger partial charge in [-0.1, -0.05) is 0 Å². The number of nitrogens with two attached hydrogens (primary N) is 1. The molecule has 1 aliphatic rings. The second kappa shape index (κ2) is 6.77. The summed E-state index contributed by atoms with van der Waals surface area (Å²) >= 11 is 0. The number of anilines is 1. The van der Waals surface area contributed by atoms with Crippen LogP contribution in [0.25, 0.3) is 11.2 Å². The molecule has 0 radical (unpaired) electrons. The number of aromatic nitrogens is 6. The number of aromatic amines is 1. The highest BCUT2D eigenvalue weighted by molar-refractivity contribution is 7.49. The zero-order chi connectivity index (χ0) is 20.1. The maximum atomic E-state index is 12.0. The minimum atomic E-state index is -4.49. The average molecular weight is 412 g/mol. The van der Waals surface area contributed by atoms with E-state index in [0.29, 0.717) is 0 Å². The van der Waals surface area contributed by atoms with Crippen molar-refractivity contribution in [3.8, 4) is 0 Å². The summed E-state index contributed by atoms with van der Waals surface area (Å²) in [6.07, 6.45) is -0.619. The van der Waals surface area contributed by atoms with E-state index in [1.807, 2.05) is 0 Å². The standard InChI is InChI=1S/C13H16N7O7P/c14-13-17-10-7(11(23)18-13)16-5-20(10)12-9(22)8(21)6(27-12)3-26-28(24,25)19-2-1-15-4-19/h1-2,4-6,8-9,12,21-22H,3H2,(H,24,25)(H3,14,17,18,23)/p-1/t6-,8?,9+,12-/m1/s1. The normalized spacial score (nSPS) is 27.2. The van der Waals surface area contributed by atoms with E-state index < -0.39 is 44.5 Å². The lowest BCUT2D eigenvalue weighted by Gasteiger charge is -2.25. The third-order valence-electron chi connectivity index (χ3n) is 4.24. The molecule has 1 saturated heterocycles. The van der Waals surface area contributed by atoms with E-state index in [1.54, 1.807) is 0 Å². The van der Waals surface area contributed by atoms with E-state index in [0.717, 1.165) is 10.7 Å². The van der Waals surface area contributed by atoms with Crippen molar-refractivity contribution in [2.24, 2.45) is 0 Å². The van der Waals surface area contributed by atoms with Crippen LogP contribution >= 0.6 is 7.75 Å². The van der Waals surface area contributed by atoms with Crippen molar-refractivity contribution in [2.45, 2.75) is 24.5 Å². The van der Waals surface area contributed by atoms with E-state index in [1.165, 1.54) is 23.3 Å². The number of H-pyrrole nitrogens is 1. The second-order valence-corrected chi connectivity index (χ2v) is 7.69. The fourth-order valence-corrected chi connectivity index (χ4v) is 3.73. The van der Waals surface area contributed by atoms with Gasteiger partial charge >= 0.3 is 0 Å². The lowest BCUT2D eigenvalue weighted by atomic mass is 10.1. The highest BCUT2D eigenvalue weighted by atomic mass is 31.2. The number of imidazole rings is 2. The second-order valence-electron chi connectivity index (χ2n) is 6.03. The van der Waals surface area contributed by atoms with Crippen LogP contribution in [-0.4, -0.2) is 64.0 Å². The molecular weight excluding hydrogens is 397 g/mol. The van der Waals surface area contributed by atoms with Crippen molar-refractivity contribution in [3.05, 3.63) is 35.4 Å². The molecule has 14 nitrogen and oxygen atoms in total. The summed E-state index contributed by atoms with van der Waals surface area (Å²) in [5.74, 6) is -0.167. The van der Waals surface area contributed by atoms with Gasteiger partial charge in [-0.15, -0.1) is 0 Å². The van der Waals surface area contributed by atoms with Gasteiger partial charge in [0.2, 0.25) is 13.7 Å². The molecule has 15 heteroatoms. The molecular formula is C13H15N7O7P-. The molecule has 28 heavy (non-hydrogen) atoms. The Balaban J connectivity index is 1.55. The molecule has 150 valence electrons. The van der Waals surface area contributed by atoms with E-state index in [-0.39, 0.29) is 17.1 Å². The smallest absolute Gasteiger partial charge is 0.280 e. The summed E-state index contributed by atoms with van der Waals surface area (Å²) in [6, 6.07) is 0. The monoisotopic (exact) mass is 412 g/mol. The number of ether oxygens (including phenoxy) is 1. The summed E-state index contributed by atoms with van der Waals surface area (Å²) in [4.78, 5) is 37.7. The first-order valence-corrected chi connectivity index (χ1v) is 9.46. The van der Waals surface area contributed by atoms with Crippen LogP contribution < -0.4 is 16.2 Å². The molecule has 1 aliphatic heterocycles. The predicted molar refractivity (Wildman–Crippen MR) is 89.7 cm³/mol.